The van der Waals surface area contributed by atoms with E-state index in [9.17, 15) is 4.79 Å². The summed E-state index contributed by atoms with van der Waals surface area (Å²) < 4.78 is 10.7. The SMILES string of the molecule is CCCc1cc(OC)c(CCNC(=O)O)cc1OC. The summed E-state index contributed by atoms with van der Waals surface area (Å²) >= 11 is 0. The molecular formula is C14H21NO4. The van der Waals surface area contributed by atoms with Gasteiger partial charge < -0.3 is 19.9 Å². The van der Waals surface area contributed by atoms with Crippen molar-refractivity contribution < 1.29 is 19.4 Å². The van der Waals surface area contributed by atoms with Crippen molar-refractivity contribution in [2.24, 2.45) is 0 Å². The van der Waals surface area contributed by atoms with E-state index in [0.717, 1.165) is 35.5 Å². The second-order valence-electron chi connectivity index (χ2n) is 4.21. The summed E-state index contributed by atoms with van der Waals surface area (Å²) in [6.45, 7) is 2.46. The molecule has 0 saturated carbocycles. The van der Waals surface area contributed by atoms with Gasteiger partial charge in [0.25, 0.3) is 0 Å². The van der Waals surface area contributed by atoms with Crippen molar-refractivity contribution in [1.29, 1.82) is 0 Å². The Balaban J connectivity index is 2.92. The maximum Gasteiger partial charge on any atom is 0.404 e. The van der Waals surface area contributed by atoms with Crippen LogP contribution in [0.4, 0.5) is 4.79 Å². The van der Waals surface area contributed by atoms with Crippen molar-refractivity contribution in [3.8, 4) is 11.5 Å². The lowest BCUT2D eigenvalue weighted by Gasteiger charge is -2.14. The van der Waals surface area contributed by atoms with Gasteiger partial charge in [-0.05, 0) is 36.1 Å². The molecule has 19 heavy (non-hydrogen) atoms. The molecule has 5 nitrogen and oxygen atoms in total. The lowest BCUT2D eigenvalue weighted by atomic mass is 10.0. The number of carboxylic acid groups (broad SMARTS) is 1. The molecule has 1 aromatic carbocycles. The first kappa shape index (κ1) is 15.1. The van der Waals surface area contributed by atoms with Crippen LogP contribution in [0.3, 0.4) is 0 Å². The van der Waals surface area contributed by atoms with E-state index in [1.807, 2.05) is 12.1 Å². The zero-order valence-corrected chi connectivity index (χ0v) is 11.7. The maximum atomic E-state index is 10.4. The number of carbonyl (C=O) groups is 1. The Morgan fingerprint density at radius 2 is 1.68 bits per heavy atom. The number of ether oxygens (including phenoxy) is 2. The molecule has 0 aromatic heterocycles. The number of methoxy groups -OCH3 is 2. The molecule has 0 fully saturated rings. The first-order valence-electron chi connectivity index (χ1n) is 6.32. The zero-order valence-electron chi connectivity index (χ0n) is 11.7. The summed E-state index contributed by atoms with van der Waals surface area (Å²) in [5.74, 6) is 1.60. The van der Waals surface area contributed by atoms with Crippen molar-refractivity contribution in [3.63, 3.8) is 0 Å². The molecule has 1 aromatic rings. The fourth-order valence-electron chi connectivity index (χ4n) is 1.99. The first-order valence-corrected chi connectivity index (χ1v) is 6.32. The summed E-state index contributed by atoms with van der Waals surface area (Å²) in [5.41, 5.74) is 2.05. The summed E-state index contributed by atoms with van der Waals surface area (Å²) in [5, 5.41) is 10.9. The van der Waals surface area contributed by atoms with Gasteiger partial charge in [-0.1, -0.05) is 13.3 Å². The Hall–Kier alpha value is -1.91. The lowest BCUT2D eigenvalue weighted by molar-refractivity contribution is 0.194. The molecule has 0 spiro atoms. The van der Waals surface area contributed by atoms with E-state index >= 15 is 0 Å². The summed E-state index contributed by atoms with van der Waals surface area (Å²) in [6, 6.07) is 3.89. The van der Waals surface area contributed by atoms with Gasteiger partial charge in [0.15, 0.2) is 0 Å². The quantitative estimate of drug-likeness (QED) is 0.796. The Labute approximate surface area is 113 Å². The number of benzene rings is 1. The van der Waals surface area contributed by atoms with Gasteiger partial charge >= 0.3 is 6.09 Å². The van der Waals surface area contributed by atoms with E-state index in [1.54, 1.807) is 14.2 Å². The fourth-order valence-corrected chi connectivity index (χ4v) is 1.99. The van der Waals surface area contributed by atoms with Crippen molar-refractivity contribution in [2.45, 2.75) is 26.2 Å². The zero-order chi connectivity index (χ0) is 14.3. The van der Waals surface area contributed by atoms with Gasteiger partial charge in [-0.2, -0.15) is 0 Å². The number of aryl methyl sites for hydroxylation is 1. The standard InChI is InChI=1S/C14H21NO4/c1-4-5-10-8-13(19-3)11(9-12(10)18-2)6-7-15-14(16)17/h8-9,15H,4-7H2,1-3H3,(H,16,17). The van der Waals surface area contributed by atoms with Crippen LogP contribution in [0.5, 0.6) is 11.5 Å². The van der Waals surface area contributed by atoms with Crippen molar-refractivity contribution in [1.82, 2.24) is 5.32 Å². The Kier molecular flexibility index (Phi) is 5.99. The van der Waals surface area contributed by atoms with Crippen molar-refractivity contribution >= 4 is 6.09 Å². The number of hydrogen-bond donors (Lipinski definition) is 2. The molecule has 5 heteroatoms. The number of hydrogen-bond acceptors (Lipinski definition) is 3. The van der Waals surface area contributed by atoms with Gasteiger partial charge in [0.1, 0.15) is 11.5 Å². The fraction of sp³-hybridized carbons (Fsp3) is 0.500. The number of nitrogens with one attached hydrogen (secondary N) is 1. The monoisotopic (exact) mass is 267 g/mol. The van der Waals surface area contributed by atoms with E-state index in [2.05, 4.69) is 12.2 Å². The van der Waals surface area contributed by atoms with Gasteiger partial charge in [0.05, 0.1) is 14.2 Å². The van der Waals surface area contributed by atoms with Gasteiger partial charge in [-0.3, -0.25) is 0 Å². The molecule has 2 N–H and O–H groups in total. The van der Waals surface area contributed by atoms with Crippen LogP contribution in [0.15, 0.2) is 12.1 Å². The molecular weight excluding hydrogens is 246 g/mol. The van der Waals surface area contributed by atoms with Crippen LogP contribution in [0.2, 0.25) is 0 Å². The van der Waals surface area contributed by atoms with Crippen molar-refractivity contribution in [2.75, 3.05) is 20.8 Å². The molecule has 0 aliphatic carbocycles. The molecule has 0 radical (unpaired) electrons. The smallest absolute Gasteiger partial charge is 0.404 e. The third-order valence-electron chi connectivity index (χ3n) is 2.87. The minimum Gasteiger partial charge on any atom is -0.496 e. The Morgan fingerprint density at radius 3 is 2.11 bits per heavy atom. The maximum absolute atomic E-state index is 10.4. The predicted octanol–water partition coefficient (Wildman–Crippen LogP) is 2.47. The molecule has 1 amide bonds. The van der Waals surface area contributed by atoms with Gasteiger partial charge in [-0.25, -0.2) is 4.79 Å². The van der Waals surface area contributed by atoms with E-state index in [4.69, 9.17) is 14.6 Å². The number of rotatable bonds is 7. The second-order valence-corrected chi connectivity index (χ2v) is 4.21. The van der Waals surface area contributed by atoms with E-state index in [1.165, 1.54) is 0 Å². The molecule has 0 aliphatic rings. The predicted molar refractivity (Wildman–Crippen MR) is 73.3 cm³/mol. The number of amides is 1. The van der Waals surface area contributed by atoms with Crippen LogP contribution in [0, 0.1) is 0 Å². The molecule has 0 aliphatic heterocycles. The highest BCUT2D eigenvalue weighted by atomic mass is 16.5. The van der Waals surface area contributed by atoms with Crippen LogP contribution in [0.1, 0.15) is 24.5 Å². The van der Waals surface area contributed by atoms with Crippen LogP contribution < -0.4 is 14.8 Å². The van der Waals surface area contributed by atoms with Gasteiger partial charge in [0.2, 0.25) is 0 Å². The summed E-state index contributed by atoms with van der Waals surface area (Å²) in [4.78, 5) is 10.4. The molecule has 0 heterocycles. The topological polar surface area (TPSA) is 67.8 Å². The average Bonchev–Trinajstić information content (AvgIpc) is 2.39. The van der Waals surface area contributed by atoms with Crippen LogP contribution in [0.25, 0.3) is 0 Å². The second kappa shape index (κ2) is 7.51. The normalized spacial score (nSPS) is 10.1. The van der Waals surface area contributed by atoms with E-state index < -0.39 is 6.09 Å². The van der Waals surface area contributed by atoms with Crippen LogP contribution in [-0.4, -0.2) is 32.0 Å². The largest absolute Gasteiger partial charge is 0.496 e. The van der Waals surface area contributed by atoms with E-state index in [-0.39, 0.29) is 0 Å². The molecule has 0 unspecified atom stereocenters. The Morgan fingerprint density at radius 1 is 1.16 bits per heavy atom. The minimum absolute atomic E-state index is 0.349. The molecule has 0 atom stereocenters. The van der Waals surface area contributed by atoms with Crippen LogP contribution in [-0.2, 0) is 12.8 Å². The first-order chi connectivity index (χ1) is 9.12. The minimum atomic E-state index is -1.02. The molecule has 106 valence electrons. The highest BCUT2D eigenvalue weighted by molar-refractivity contribution is 5.64. The van der Waals surface area contributed by atoms with Crippen molar-refractivity contribution in [3.05, 3.63) is 23.3 Å². The molecule has 0 bridgehead atoms. The van der Waals surface area contributed by atoms with Crippen LogP contribution >= 0.6 is 0 Å². The highest BCUT2D eigenvalue weighted by Gasteiger charge is 2.11. The van der Waals surface area contributed by atoms with E-state index in [0.29, 0.717) is 13.0 Å². The average molecular weight is 267 g/mol. The summed E-state index contributed by atoms with van der Waals surface area (Å²) in [7, 11) is 3.26. The third kappa shape index (κ3) is 4.35. The highest BCUT2D eigenvalue weighted by Crippen LogP contribution is 2.30. The van der Waals surface area contributed by atoms with Gasteiger partial charge in [-0.15, -0.1) is 0 Å². The summed E-state index contributed by atoms with van der Waals surface area (Å²) in [6.07, 6.45) is 1.50. The Bertz CT molecular complexity index is 432. The molecule has 1 rings (SSSR count). The lowest BCUT2D eigenvalue weighted by Crippen LogP contribution is -2.23. The molecule has 0 saturated heterocycles. The van der Waals surface area contributed by atoms with Gasteiger partial charge in [0, 0.05) is 6.54 Å². The third-order valence-corrected chi connectivity index (χ3v) is 2.87.